The van der Waals surface area contributed by atoms with Crippen LogP contribution in [-0.4, -0.2) is 57.8 Å². The third-order valence-corrected chi connectivity index (χ3v) is 3.86. The largest absolute Gasteiger partial charge is 0.396 e. The van der Waals surface area contributed by atoms with Crippen LogP contribution in [0.3, 0.4) is 0 Å². The smallest absolute Gasteiger partial charge is 0.231 e. The van der Waals surface area contributed by atoms with Gasteiger partial charge in [-0.25, -0.2) is 0 Å². The van der Waals surface area contributed by atoms with Gasteiger partial charge < -0.3 is 15.3 Å². The summed E-state index contributed by atoms with van der Waals surface area (Å²) >= 11 is 7.71. The van der Waals surface area contributed by atoms with Gasteiger partial charge in [-0.05, 0) is 37.6 Å². The third-order valence-electron chi connectivity index (χ3n) is 2.62. The van der Waals surface area contributed by atoms with Crippen molar-refractivity contribution < 1.29 is 5.11 Å². The van der Waals surface area contributed by atoms with Gasteiger partial charge in [0.25, 0.3) is 0 Å². The van der Waals surface area contributed by atoms with Crippen LogP contribution in [0.5, 0.6) is 0 Å². The Balaban J connectivity index is 2.49. The fraction of sp³-hybridized carbons (Fsp3) is 0.750. The molecule has 20 heavy (non-hydrogen) atoms. The quantitative estimate of drug-likeness (QED) is 0.638. The summed E-state index contributed by atoms with van der Waals surface area (Å²) in [6, 6.07) is 0. The van der Waals surface area contributed by atoms with Gasteiger partial charge in [0, 0.05) is 32.0 Å². The zero-order chi connectivity index (χ0) is 14.8. The number of aromatic nitrogens is 3. The van der Waals surface area contributed by atoms with E-state index in [2.05, 4.69) is 20.3 Å². The molecule has 1 rings (SSSR count). The van der Waals surface area contributed by atoms with Crippen LogP contribution in [0.2, 0.25) is 5.28 Å². The van der Waals surface area contributed by atoms with Crippen LogP contribution in [-0.2, 0) is 0 Å². The average Bonchev–Trinajstić information content (AvgIpc) is 2.43. The Hall–Kier alpha value is -0.790. The summed E-state index contributed by atoms with van der Waals surface area (Å²) in [6.45, 7) is 6.75. The number of aliphatic hydroxyl groups is 1. The van der Waals surface area contributed by atoms with E-state index < -0.39 is 0 Å². The minimum absolute atomic E-state index is 0.206. The maximum atomic E-state index is 8.69. The van der Waals surface area contributed by atoms with Gasteiger partial charge in [-0.15, -0.1) is 0 Å². The van der Waals surface area contributed by atoms with Crippen molar-refractivity contribution in [3.63, 3.8) is 0 Å². The second-order valence-corrected chi connectivity index (χ2v) is 5.58. The van der Waals surface area contributed by atoms with Gasteiger partial charge in [0.15, 0.2) is 0 Å². The Morgan fingerprint density at radius 3 is 2.60 bits per heavy atom. The monoisotopic (exact) mass is 319 g/mol. The topological polar surface area (TPSA) is 74.2 Å². The summed E-state index contributed by atoms with van der Waals surface area (Å²) in [7, 11) is 0. The molecule has 0 unspecified atom stereocenters. The molecule has 1 heterocycles. The van der Waals surface area contributed by atoms with Crippen molar-refractivity contribution in [2.45, 2.75) is 20.3 Å². The van der Waals surface area contributed by atoms with Crippen molar-refractivity contribution in [1.82, 2.24) is 15.0 Å². The number of anilines is 2. The van der Waals surface area contributed by atoms with Crippen LogP contribution in [0.4, 0.5) is 11.9 Å². The van der Waals surface area contributed by atoms with Gasteiger partial charge >= 0.3 is 0 Å². The highest BCUT2D eigenvalue weighted by molar-refractivity contribution is 7.99. The molecule has 0 bridgehead atoms. The molecule has 0 aromatic carbocycles. The van der Waals surface area contributed by atoms with E-state index in [1.807, 2.05) is 18.7 Å². The van der Waals surface area contributed by atoms with E-state index in [9.17, 15) is 0 Å². The number of halogens is 1. The zero-order valence-electron chi connectivity index (χ0n) is 12.0. The van der Waals surface area contributed by atoms with Gasteiger partial charge in [-0.1, -0.05) is 0 Å². The highest BCUT2D eigenvalue weighted by atomic mass is 35.5. The van der Waals surface area contributed by atoms with Crippen molar-refractivity contribution in [2.24, 2.45) is 0 Å². The molecule has 6 nitrogen and oxygen atoms in total. The van der Waals surface area contributed by atoms with Crippen molar-refractivity contribution in [1.29, 1.82) is 0 Å². The van der Waals surface area contributed by atoms with Crippen LogP contribution >= 0.6 is 23.4 Å². The van der Waals surface area contributed by atoms with Crippen molar-refractivity contribution in [3.05, 3.63) is 5.28 Å². The van der Waals surface area contributed by atoms with E-state index in [0.29, 0.717) is 11.9 Å². The highest BCUT2D eigenvalue weighted by Gasteiger charge is 2.09. The first-order valence-corrected chi connectivity index (χ1v) is 8.33. The molecular formula is C12H22ClN5OS. The number of nitrogens with zero attached hydrogens (tertiary/aromatic N) is 4. The molecule has 0 saturated carbocycles. The lowest BCUT2D eigenvalue weighted by molar-refractivity contribution is 0.296. The Morgan fingerprint density at radius 2 is 1.95 bits per heavy atom. The summed E-state index contributed by atoms with van der Waals surface area (Å²) < 4.78 is 0. The minimum atomic E-state index is 0.206. The predicted octanol–water partition coefficient (Wildman–Crippen LogP) is 1.90. The first-order valence-electron chi connectivity index (χ1n) is 6.80. The second-order valence-electron chi connectivity index (χ2n) is 4.02. The standard InChI is InChI=1S/C12H22ClN5OS/c1-3-18(4-2)12-16-10(13)15-11(17-12)14-6-9-20-8-5-7-19/h19H,3-9H2,1-2H3,(H,14,15,16,17). The first-order chi connectivity index (χ1) is 9.71. The maximum Gasteiger partial charge on any atom is 0.231 e. The molecule has 1 aromatic heterocycles. The van der Waals surface area contributed by atoms with Crippen LogP contribution in [0, 0.1) is 0 Å². The molecule has 8 heteroatoms. The molecule has 0 fully saturated rings. The number of nitrogens with one attached hydrogen (secondary N) is 1. The van der Waals surface area contributed by atoms with E-state index in [4.69, 9.17) is 16.7 Å². The maximum absolute atomic E-state index is 8.69. The summed E-state index contributed by atoms with van der Waals surface area (Å²) in [5.41, 5.74) is 0. The Bertz CT molecular complexity index is 392. The molecule has 114 valence electrons. The molecule has 0 saturated heterocycles. The van der Waals surface area contributed by atoms with Crippen molar-refractivity contribution in [2.75, 3.05) is 48.0 Å². The lowest BCUT2D eigenvalue weighted by Crippen LogP contribution is -2.25. The van der Waals surface area contributed by atoms with Gasteiger partial charge in [-0.3, -0.25) is 0 Å². The van der Waals surface area contributed by atoms with Crippen molar-refractivity contribution in [3.8, 4) is 0 Å². The van der Waals surface area contributed by atoms with Crippen molar-refractivity contribution >= 4 is 35.3 Å². The van der Waals surface area contributed by atoms with E-state index in [1.54, 1.807) is 11.8 Å². The van der Waals surface area contributed by atoms with Gasteiger partial charge in [-0.2, -0.15) is 26.7 Å². The Kier molecular flexibility index (Phi) is 8.64. The number of thioether (sulfide) groups is 1. The SMILES string of the molecule is CCN(CC)c1nc(Cl)nc(NCCSCCCO)n1. The Labute approximate surface area is 129 Å². The van der Waals surface area contributed by atoms with Crippen LogP contribution < -0.4 is 10.2 Å². The fourth-order valence-electron chi connectivity index (χ4n) is 1.57. The van der Waals surface area contributed by atoms with Gasteiger partial charge in [0.05, 0.1) is 0 Å². The molecule has 0 aliphatic carbocycles. The van der Waals surface area contributed by atoms with E-state index in [-0.39, 0.29) is 11.9 Å². The number of hydrogen-bond donors (Lipinski definition) is 2. The van der Waals surface area contributed by atoms with E-state index >= 15 is 0 Å². The minimum Gasteiger partial charge on any atom is -0.396 e. The number of aliphatic hydroxyl groups excluding tert-OH is 1. The molecule has 0 amide bonds. The van der Waals surface area contributed by atoms with Crippen LogP contribution in [0.25, 0.3) is 0 Å². The molecule has 1 aromatic rings. The third kappa shape index (κ3) is 6.11. The molecular weight excluding hydrogens is 298 g/mol. The van der Waals surface area contributed by atoms with Crippen LogP contribution in [0.15, 0.2) is 0 Å². The second kappa shape index (κ2) is 10.0. The summed E-state index contributed by atoms with van der Waals surface area (Å²) in [4.78, 5) is 14.6. The summed E-state index contributed by atoms with van der Waals surface area (Å²) in [5, 5.41) is 12.0. The predicted molar refractivity (Wildman–Crippen MR) is 85.9 cm³/mol. The Morgan fingerprint density at radius 1 is 1.20 bits per heavy atom. The first kappa shape index (κ1) is 17.3. The zero-order valence-corrected chi connectivity index (χ0v) is 13.5. The lowest BCUT2D eigenvalue weighted by atomic mass is 10.5. The molecule has 2 N–H and O–H groups in total. The lowest BCUT2D eigenvalue weighted by Gasteiger charge is -2.18. The average molecular weight is 320 g/mol. The number of hydrogen-bond acceptors (Lipinski definition) is 7. The molecule has 0 atom stereocenters. The fourth-order valence-corrected chi connectivity index (χ4v) is 2.51. The van der Waals surface area contributed by atoms with E-state index in [0.717, 1.165) is 37.6 Å². The van der Waals surface area contributed by atoms with Gasteiger partial charge in [0.1, 0.15) is 0 Å². The molecule has 0 spiro atoms. The van der Waals surface area contributed by atoms with Crippen LogP contribution in [0.1, 0.15) is 20.3 Å². The molecule has 0 aliphatic rings. The molecule has 0 radical (unpaired) electrons. The summed E-state index contributed by atoms with van der Waals surface area (Å²) in [6.07, 6.45) is 0.828. The number of rotatable bonds is 10. The highest BCUT2D eigenvalue weighted by Crippen LogP contribution is 2.13. The normalized spacial score (nSPS) is 10.6. The van der Waals surface area contributed by atoms with Gasteiger partial charge in [0.2, 0.25) is 17.2 Å². The molecule has 0 aliphatic heterocycles. The summed E-state index contributed by atoms with van der Waals surface area (Å²) in [5.74, 6) is 3.00. The van der Waals surface area contributed by atoms with E-state index in [1.165, 1.54) is 0 Å².